The van der Waals surface area contributed by atoms with Gasteiger partial charge in [0.1, 0.15) is 5.01 Å². The maximum Gasteiger partial charge on any atom is 0.168 e. The van der Waals surface area contributed by atoms with E-state index in [9.17, 15) is 4.79 Å². The fourth-order valence-corrected chi connectivity index (χ4v) is 4.46. The van der Waals surface area contributed by atoms with Crippen molar-refractivity contribution < 1.29 is 4.79 Å². The molecule has 1 aromatic carbocycles. The minimum absolute atomic E-state index is 0.104. The Bertz CT molecular complexity index is 733. The number of Topliss-reactive ketones (excluding diaryl/α,β-unsaturated/α-hetero) is 1. The molecule has 0 aliphatic carbocycles. The average Bonchev–Trinajstić information content (AvgIpc) is 3.08. The molecule has 0 radical (unpaired) electrons. The number of hydrogen-bond acceptors (Lipinski definition) is 4. The van der Waals surface area contributed by atoms with Gasteiger partial charge in [-0.25, -0.2) is 4.98 Å². The summed E-state index contributed by atoms with van der Waals surface area (Å²) in [5.41, 5.74) is 1.57. The number of carbonyl (C=O) groups excluding carboxylic acids is 1. The van der Waals surface area contributed by atoms with Gasteiger partial charge in [0.05, 0.1) is 17.0 Å². The second-order valence-corrected chi connectivity index (χ2v) is 6.84. The van der Waals surface area contributed by atoms with E-state index >= 15 is 0 Å². The Hall–Kier alpha value is -1.30. The van der Waals surface area contributed by atoms with E-state index in [2.05, 4.69) is 20.9 Å². The van der Waals surface area contributed by atoms with Gasteiger partial charge in [0.25, 0.3) is 0 Å². The fourth-order valence-electron chi connectivity index (χ4n) is 1.83. The Labute approximate surface area is 133 Å². The van der Waals surface area contributed by atoms with Crippen molar-refractivity contribution in [3.8, 4) is 9.88 Å². The third-order valence-electron chi connectivity index (χ3n) is 2.80. The van der Waals surface area contributed by atoms with Gasteiger partial charge in [-0.3, -0.25) is 4.79 Å². The smallest absolute Gasteiger partial charge is 0.168 e. The third kappa shape index (κ3) is 2.90. The predicted molar refractivity (Wildman–Crippen MR) is 87.6 cm³/mol. The van der Waals surface area contributed by atoms with Crippen LogP contribution in [0, 0.1) is 0 Å². The Morgan fingerprint density at radius 1 is 1.15 bits per heavy atom. The summed E-state index contributed by atoms with van der Waals surface area (Å²) in [7, 11) is 0. The molecule has 0 saturated carbocycles. The SMILES string of the molecule is O=C(Cc1csc(-c2sccc2Br)n1)c1ccccc1. The lowest BCUT2D eigenvalue weighted by molar-refractivity contribution is 0.0992. The number of thiophene rings is 1. The van der Waals surface area contributed by atoms with E-state index in [1.165, 1.54) is 0 Å². The van der Waals surface area contributed by atoms with Gasteiger partial charge in [0.15, 0.2) is 5.78 Å². The van der Waals surface area contributed by atoms with Gasteiger partial charge in [-0.15, -0.1) is 22.7 Å². The summed E-state index contributed by atoms with van der Waals surface area (Å²) in [6.45, 7) is 0. The number of hydrogen-bond donors (Lipinski definition) is 0. The van der Waals surface area contributed by atoms with Crippen LogP contribution in [0.3, 0.4) is 0 Å². The van der Waals surface area contributed by atoms with Crippen molar-refractivity contribution in [2.75, 3.05) is 0 Å². The monoisotopic (exact) mass is 363 g/mol. The molecule has 0 N–H and O–H groups in total. The first-order valence-electron chi connectivity index (χ1n) is 6.00. The van der Waals surface area contributed by atoms with Gasteiger partial charge >= 0.3 is 0 Å². The minimum atomic E-state index is 0.104. The molecule has 0 aliphatic rings. The molecule has 0 amide bonds. The molecular weight excluding hydrogens is 354 g/mol. The predicted octanol–water partition coefficient (Wildman–Crippen LogP) is 5.06. The molecule has 3 aromatic rings. The maximum absolute atomic E-state index is 12.1. The van der Waals surface area contributed by atoms with Gasteiger partial charge in [-0.05, 0) is 27.4 Å². The summed E-state index contributed by atoms with van der Waals surface area (Å²) < 4.78 is 1.05. The van der Waals surface area contributed by atoms with Crippen LogP contribution in [-0.2, 0) is 6.42 Å². The Kier molecular flexibility index (Phi) is 4.10. The Morgan fingerprint density at radius 3 is 2.65 bits per heavy atom. The number of nitrogens with zero attached hydrogens (tertiary/aromatic N) is 1. The van der Waals surface area contributed by atoms with Crippen LogP contribution in [0.25, 0.3) is 9.88 Å². The van der Waals surface area contributed by atoms with Crippen molar-refractivity contribution in [3.63, 3.8) is 0 Å². The number of carbonyl (C=O) groups is 1. The fraction of sp³-hybridized carbons (Fsp3) is 0.0667. The molecule has 0 atom stereocenters. The van der Waals surface area contributed by atoms with E-state index in [1.807, 2.05) is 47.2 Å². The number of rotatable bonds is 4. The van der Waals surface area contributed by atoms with Crippen LogP contribution in [-0.4, -0.2) is 10.8 Å². The van der Waals surface area contributed by atoms with E-state index in [-0.39, 0.29) is 5.78 Å². The highest BCUT2D eigenvalue weighted by atomic mass is 79.9. The van der Waals surface area contributed by atoms with Crippen LogP contribution in [0.1, 0.15) is 16.1 Å². The van der Waals surface area contributed by atoms with E-state index < -0.39 is 0 Å². The molecule has 0 saturated heterocycles. The molecule has 0 aliphatic heterocycles. The molecule has 5 heteroatoms. The molecule has 0 unspecified atom stereocenters. The van der Waals surface area contributed by atoms with Crippen LogP contribution in [0.5, 0.6) is 0 Å². The van der Waals surface area contributed by atoms with Gasteiger partial charge in [0.2, 0.25) is 0 Å². The molecule has 100 valence electrons. The molecule has 0 fully saturated rings. The summed E-state index contributed by atoms with van der Waals surface area (Å²) in [5, 5.41) is 4.94. The normalized spacial score (nSPS) is 10.7. The van der Waals surface area contributed by atoms with Gasteiger partial charge in [-0.2, -0.15) is 0 Å². The maximum atomic E-state index is 12.1. The average molecular weight is 364 g/mol. The number of benzene rings is 1. The van der Waals surface area contributed by atoms with Crippen LogP contribution >= 0.6 is 38.6 Å². The lowest BCUT2D eigenvalue weighted by atomic mass is 10.1. The zero-order valence-electron chi connectivity index (χ0n) is 10.4. The summed E-state index contributed by atoms with van der Waals surface area (Å²) in [4.78, 5) is 17.8. The molecule has 3 rings (SSSR count). The lowest BCUT2D eigenvalue weighted by Crippen LogP contribution is -2.03. The molecule has 0 bridgehead atoms. The van der Waals surface area contributed by atoms with Crippen molar-refractivity contribution >= 4 is 44.4 Å². The van der Waals surface area contributed by atoms with E-state index in [0.717, 1.165) is 25.6 Å². The van der Waals surface area contributed by atoms with Crippen LogP contribution in [0.4, 0.5) is 0 Å². The molecular formula is C15H10BrNOS2. The first-order valence-corrected chi connectivity index (χ1v) is 8.55. The zero-order valence-corrected chi connectivity index (χ0v) is 13.6. The zero-order chi connectivity index (χ0) is 13.9. The number of ketones is 1. The minimum Gasteiger partial charge on any atom is -0.294 e. The molecule has 2 nitrogen and oxygen atoms in total. The summed E-state index contributed by atoms with van der Waals surface area (Å²) >= 11 is 6.73. The van der Waals surface area contributed by atoms with Crippen molar-refractivity contribution in [3.05, 3.63) is 62.9 Å². The largest absolute Gasteiger partial charge is 0.294 e. The quantitative estimate of drug-likeness (QED) is 0.606. The van der Waals surface area contributed by atoms with Crippen LogP contribution < -0.4 is 0 Å². The van der Waals surface area contributed by atoms with Gasteiger partial charge < -0.3 is 0 Å². The number of aromatic nitrogens is 1. The van der Waals surface area contributed by atoms with Gasteiger partial charge in [0, 0.05) is 15.4 Å². The van der Waals surface area contributed by atoms with Crippen molar-refractivity contribution in [2.24, 2.45) is 0 Å². The second kappa shape index (κ2) is 5.99. The molecule has 0 spiro atoms. The third-order valence-corrected chi connectivity index (χ3v) is 5.68. The number of thiazole rings is 1. The van der Waals surface area contributed by atoms with Crippen LogP contribution in [0.15, 0.2) is 51.6 Å². The summed E-state index contributed by atoms with van der Waals surface area (Å²) in [6, 6.07) is 11.4. The van der Waals surface area contributed by atoms with Crippen molar-refractivity contribution in [1.29, 1.82) is 0 Å². The molecule has 20 heavy (non-hydrogen) atoms. The van der Waals surface area contributed by atoms with Crippen molar-refractivity contribution in [1.82, 2.24) is 4.98 Å². The Morgan fingerprint density at radius 2 is 1.95 bits per heavy atom. The van der Waals surface area contributed by atoms with E-state index in [0.29, 0.717) is 6.42 Å². The second-order valence-electron chi connectivity index (χ2n) is 4.21. The highest BCUT2D eigenvalue weighted by molar-refractivity contribution is 9.10. The highest BCUT2D eigenvalue weighted by Gasteiger charge is 2.12. The first kappa shape index (κ1) is 13.7. The van der Waals surface area contributed by atoms with Crippen LogP contribution in [0.2, 0.25) is 0 Å². The topological polar surface area (TPSA) is 30.0 Å². The van der Waals surface area contributed by atoms with Crippen molar-refractivity contribution in [2.45, 2.75) is 6.42 Å². The highest BCUT2D eigenvalue weighted by Crippen LogP contribution is 2.35. The summed E-state index contributed by atoms with van der Waals surface area (Å²) in [6.07, 6.45) is 0.351. The molecule has 2 aromatic heterocycles. The van der Waals surface area contributed by atoms with E-state index in [4.69, 9.17) is 0 Å². The lowest BCUT2D eigenvalue weighted by Gasteiger charge is -1.97. The van der Waals surface area contributed by atoms with E-state index in [1.54, 1.807) is 22.7 Å². The van der Waals surface area contributed by atoms with Gasteiger partial charge in [-0.1, -0.05) is 30.3 Å². The summed E-state index contributed by atoms with van der Waals surface area (Å²) in [5.74, 6) is 0.104. The first-order chi connectivity index (χ1) is 9.74. The Balaban J connectivity index is 1.78. The standard InChI is InChI=1S/C15H10BrNOS2/c16-12-6-7-19-14(12)15-17-11(9-20-15)8-13(18)10-4-2-1-3-5-10/h1-7,9H,8H2. The number of halogens is 1. The molecule has 2 heterocycles.